The molecule has 11 amide bonds. The van der Waals surface area contributed by atoms with E-state index in [2.05, 4.69) is 26.6 Å². The molecule has 4 aliphatic rings. The average Bonchev–Trinajstić information content (AvgIpc) is 1.34. The van der Waals surface area contributed by atoms with Crippen LogP contribution in [0.1, 0.15) is 87.1 Å². The molecule has 7 aromatic rings. The predicted molar refractivity (Wildman–Crippen MR) is 550 cm³/mol. The molecule has 3 unspecified atom stereocenters. The highest BCUT2D eigenvalue weighted by Crippen LogP contribution is 2.37. The number of imide groups is 4. The van der Waals surface area contributed by atoms with Crippen LogP contribution in [0, 0.1) is 0 Å². The van der Waals surface area contributed by atoms with Gasteiger partial charge in [-0.15, -0.1) is 0 Å². The number of phenolic OH excluding ortho intramolecular Hbond substituents is 1. The number of rotatable bonds is 47. The normalized spacial score (nSPS) is 14.4. The van der Waals surface area contributed by atoms with Gasteiger partial charge in [-0.25, -0.2) is 0 Å². The molecule has 0 aromatic heterocycles. The summed E-state index contributed by atoms with van der Waals surface area (Å²) < 4.78 is 59.9. The van der Waals surface area contributed by atoms with Crippen LogP contribution in [0.5, 0.6) is 69.0 Å². The zero-order valence-electron chi connectivity index (χ0n) is 82.1. The number of likely N-dealkylation sites (N-methyl/N-ethyl adjacent to an activating group) is 1. The zero-order valence-corrected chi connectivity index (χ0v) is 85.3. The van der Waals surface area contributed by atoms with Crippen molar-refractivity contribution in [2.75, 3.05) is 164 Å². The van der Waals surface area contributed by atoms with Crippen LogP contribution in [0.25, 0.3) is 6.08 Å². The summed E-state index contributed by atoms with van der Waals surface area (Å²) in [6, 6.07) is 40.9. The number of nitrogens with zero attached hydrogens (tertiary/aromatic N) is 5. The number of aromatic hydroxyl groups is 1. The van der Waals surface area contributed by atoms with Gasteiger partial charge in [-0.2, -0.15) is 0 Å². The number of carbonyl (C=O) groups excluding carboxylic acids is 13. The quantitative estimate of drug-likeness (QED) is 0.00740. The lowest BCUT2D eigenvalue weighted by Gasteiger charge is -2.18. The summed E-state index contributed by atoms with van der Waals surface area (Å²) in [6.45, 7) is 9.75. The first-order valence-corrected chi connectivity index (χ1v) is 48.3. The standard InChI is InChI=1S/C23H26N2O5S.C16H21BN2O5S.C16H19BN2O5S.C15H20N2O4S.C13H20BNO4.C8H8O3.C5H10BNO2/c1-25(21(26)15-16-7-4-3-5-8-16)11-6-12-30-19-13-17(9-10-18(19)29-2)14-20-22(27)24-23(28)31-20;1-17(22)19(2)7-4-8-24-13-9-11(5-6-12(13)23-3)10-14-15(20)18-16(21)25-14;1-19(15(17)21)6-3-7-24-12-8-10(4-5-11(12)23-2)9-13-14(20)18-16(22)25-13;1-16-6-3-7-21-12-8-10(4-5-11(12)20-2)9-13-14(18)17-15(19)22-13;1-14(17)15(2)7-4-8-19-13-9-11(10-16)5-6-12(13)18-3;1-11-8-3-2-6(5-9)4-7(8)10;1-7(5(6)9)3-2-4-8/h3-5,7-10,13,20H,6,11-12,14-15H2,1-2H3,(H,24,27,28);5-6,9-10,22H,4,7-8H2,1-3H3,(H,18,20,21);4-5,8,13H,3,6-7,9H2,1-2H3,(H,18,20,22);4-5,8,13,16H,3,6-7,9H2,1-2H3,(H,17,18,19);5-6,9-10,17H,4,7-8H2,1-3H3;2-5,10H,1H3;8H,2-4H2,1H3/b;14-10-;;;;;. The van der Waals surface area contributed by atoms with Crippen LogP contribution in [0.4, 0.5) is 28.8 Å². The Balaban J connectivity index is 0.000000300. The molecule has 0 bridgehead atoms. The van der Waals surface area contributed by atoms with Gasteiger partial charge in [0, 0.05) is 58.5 Å². The molecule has 0 saturated carbocycles. The minimum Gasteiger partial charge on any atom is -0.504 e. The van der Waals surface area contributed by atoms with E-state index in [1.54, 1.807) is 148 Å². The lowest BCUT2D eigenvalue weighted by molar-refractivity contribution is -0.129. The summed E-state index contributed by atoms with van der Waals surface area (Å²) in [6.07, 6.45) is 9.05. The van der Waals surface area contributed by atoms with E-state index < -0.39 is 42.1 Å². The molecule has 38 nitrogen and oxygen atoms in total. The zero-order chi connectivity index (χ0) is 105. The van der Waals surface area contributed by atoms with E-state index in [-0.39, 0.29) is 62.2 Å². The van der Waals surface area contributed by atoms with Gasteiger partial charge in [0.05, 0.1) is 103 Å². The lowest BCUT2D eigenvalue weighted by atomic mass is 9.86. The molecule has 4 saturated heterocycles. The fourth-order valence-corrected chi connectivity index (χ4v) is 15.8. The molecular formula is C96H124B4N10O28S4. The smallest absolute Gasteiger partial charge is 0.376 e. The highest BCUT2D eigenvalue weighted by Gasteiger charge is 2.35. The first kappa shape index (κ1) is 120. The monoisotopic (exact) mass is 2040 g/mol. The molecule has 3 atom stereocenters. The van der Waals surface area contributed by atoms with Crippen LogP contribution in [0.15, 0.2) is 144 Å². The summed E-state index contributed by atoms with van der Waals surface area (Å²) in [5, 5.41) is 45.8. The topological polar surface area (TPSA) is 481 Å². The molecule has 4 radical (unpaired) electrons. The second kappa shape index (κ2) is 65.6. The molecule has 7 aromatic carbocycles. The number of amides is 11. The summed E-state index contributed by atoms with van der Waals surface area (Å²) in [7, 11) is 28.9. The Morgan fingerprint density at radius 3 is 1.08 bits per heavy atom. The van der Waals surface area contributed by atoms with Gasteiger partial charge in [-0.05, 0) is 243 Å². The van der Waals surface area contributed by atoms with Crippen molar-refractivity contribution in [3.63, 3.8) is 0 Å². The van der Waals surface area contributed by atoms with Gasteiger partial charge in [0.2, 0.25) is 39.3 Å². The minimum atomic E-state index is -0.498. The van der Waals surface area contributed by atoms with E-state index in [1.165, 1.54) is 23.0 Å². The fourth-order valence-electron chi connectivity index (χ4n) is 12.6. The molecule has 4 aliphatic heterocycles. The Labute approximate surface area is 847 Å². The number of carbonyl (C=O) groups is 13. The Morgan fingerprint density at radius 1 is 0.415 bits per heavy atom. The minimum absolute atomic E-state index is 0.0166. The third kappa shape index (κ3) is 44.0. The number of ether oxygens (including phenoxy) is 11. The number of aliphatic hydroxyl groups is 1. The number of hydrogen-bond donors (Lipinski definition) is 9. The van der Waals surface area contributed by atoms with E-state index >= 15 is 0 Å². The van der Waals surface area contributed by atoms with Crippen molar-refractivity contribution >= 4 is 158 Å². The van der Waals surface area contributed by atoms with Gasteiger partial charge >= 0.3 is 14.1 Å². The number of nitrogens with one attached hydrogen (secondary N) is 5. The van der Waals surface area contributed by atoms with Gasteiger partial charge in [0.25, 0.3) is 26.9 Å². The third-order valence-electron chi connectivity index (χ3n) is 20.8. The number of benzene rings is 7. The van der Waals surface area contributed by atoms with Crippen LogP contribution in [-0.4, -0.2) is 329 Å². The number of phenols is 1. The average molecular weight is 2040 g/mol. The fraction of sp³-hybridized carbons (Fsp3) is 0.406. The number of aliphatic hydroxyl groups excluding tert-OH is 1. The van der Waals surface area contributed by atoms with Crippen LogP contribution in [0.3, 0.4) is 0 Å². The molecule has 11 rings (SSSR count). The van der Waals surface area contributed by atoms with Crippen molar-refractivity contribution < 1.29 is 135 Å². The van der Waals surface area contributed by atoms with Crippen LogP contribution in [-0.2, 0) is 49.7 Å². The molecule has 0 aliphatic carbocycles. The highest BCUT2D eigenvalue weighted by molar-refractivity contribution is 8.18. The Hall–Kier alpha value is -12.4. The second-order valence-corrected chi connectivity index (χ2v) is 36.0. The molecule has 46 heteroatoms. The Morgan fingerprint density at radius 2 is 0.754 bits per heavy atom. The second-order valence-electron chi connectivity index (χ2n) is 31.5. The van der Waals surface area contributed by atoms with Gasteiger partial charge in [0.1, 0.15) is 12.6 Å². The van der Waals surface area contributed by atoms with E-state index in [0.717, 1.165) is 114 Å². The first-order chi connectivity index (χ1) is 67.9. The number of aldehydes is 2. The molecule has 9 N–H and O–H groups in total. The van der Waals surface area contributed by atoms with Gasteiger partial charge in [-0.3, -0.25) is 83.6 Å². The Bertz CT molecular complexity index is 5320. The van der Waals surface area contributed by atoms with E-state index in [9.17, 15) is 72.4 Å². The van der Waals surface area contributed by atoms with Gasteiger partial charge in [-0.1, -0.05) is 89.9 Å². The largest absolute Gasteiger partial charge is 0.504 e. The van der Waals surface area contributed by atoms with Crippen molar-refractivity contribution in [2.24, 2.45) is 0 Å². The van der Waals surface area contributed by atoms with Gasteiger partial charge < -0.3 is 102 Å². The van der Waals surface area contributed by atoms with Crippen molar-refractivity contribution in [3.05, 3.63) is 183 Å². The SMILES string of the molecule is CNCCCOc1cc(CC2SC(=O)NC2=O)ccc1OC.COc1ccc(/C=C2\SC(=O)NC2=O)cc1OCCCN(C)B(C)O.COc1ccc(C=O)cc1O.COc1ccc(C=O)cc1OCCCN(C)B(C)O.COc1ccc(CC2SC(=O)NC2=O)cc1OCCCN(C)C(=O)Cc1ccccc1.[B]C(=O)N(C)CCCO.[B]C(=O)N(C)CCCOc1cc(CC2SC(=O)NC2=O)ccc1OC. The summed E-state index contributed by atoms with van der Waals surface area (Å²) in [4.78, 5) is 155. The van der Waals surface area contributed by atoms with Crippen molar-refractivity contribution in [1.82, 2.24) is 50.9 Å². The maximum Gasteiger partial charge on any atom is 0.376 e. The maximum atomic E-state index is 12.3. The summed E-state index contributed by atoms with van der Waals surface area (Å²) in [5.74, 6) is 4.24. The molecule has 762 valence electrons. The van der Waals surface area contributed by atoms with E-state index in [1.807, 2.05) is 97.5 Å². The highest BCUT2D eigenvalue weighted by atomic mass is 32.2. The first-order valence-electron chi connectivity index (χ1n) is 44.8. The molecule has 4 heterocycles. The van der Waals surface area contributed by atoms with Crippen molar-refractivity contribution in [1.29, 1.82) is 0 Å². The number of methoxy groups -OCH3 is 6. The summed E-state index contributed by atoms with van der Waals surface area (Å²) in [5.41, 5.74) is 5.41. The third-order valence-corrected chi connectivity index (χ3v) is 24.5. The molecule has 0 spiro atoms. The van der Waals surface area contributed by atoms with Crippen molar-refractivity contribution in [3.8, 4) is 69.0 Å². The van der Waals surface area contributed by atoms with Gasteiger partial charge in [0.15, 0.2) is 80.6 Å². The predicted octanol–water partition coefficient (Wildman–Crippen LogP) is 10.2. The molecule has 142 heavy (non-hydrogen) atoms. The number of hydrogen-bond acceptors (Lipinski definition) is 35. The van der Waals surface area contributed by atoms with Crippen LogP contribution in [0.2, 0.25) is 13.6 Å². The maximum absolute atomic E-state index is 12.3. The van der Waals surface area contributed by atoms with E-state index in [4.69, 9.17) is 78.0 Å². The lowest BCUT2D eigenvalue weighted by Crippen LogP contribution is -2.34. The Kier molecular flexibility index (Phi) is 55.5. The molecular weight excluding hydrogens is 1910 g/mol. The number of thioether (sulfide) groups is 4. The molecule has 4 fully saturated rings. The van der Waals surface area contributed by atoms with Crippen molar-refractivity contribution in [2.45, 2.75) is 93.6 Å². The van der Waals surface area contributed by atoms with E-state index in [0.29, 0.717) is 190 Å². The van der Waals surface area contributed by atoms with Crippen LogP contribution < -0.4 is 78.7 Å². The summed E-state index contributed by atoms with van der Waals surface area (Å²) >= 11 is 3.89. The van der Waals surface area contributed by atoms with Crippen LogP contribution >= 0.6 is 47.0 Å².